The van der Waals surface area contributed by atoms with Gasteiger partial charge in [0.05, 0.1) is 17.4 Å². The predicted molar refractivity (Wildman–Crippen MR) is 105 cm³/mol. The molecule has 0 radical (unpaired) electrons. The molecule has 0 bridgehead atoms. The highest BCUT2D eigenvalue weighted by Gasteiger charge is 2.08. The summed E-state index contributed by atoms with van der Waals surface area (Å²) < 4.78 is 4.10. The van der Waals surface area contributed by atoms with E-state index in [9.17, 15) is 4.79 Å². The molecule has 2 heterocycles. The van der Waals surface area contributed by atoms with Crippen LogP contribution in [0.4, 0.5) is 0 Å². The summed E-state index contributed by atoms with van der Waals surface area (Å²) in [6, 6.07) is 15.6. The standard InChI is InChI=1S/C21H21N5O/c1-16-24-19-5-2-3-6-20(19)26(16)13-4-11-23-21(27)17-7-9-18(10-8-17)25-14-12-22-15-25/h2-3,5-10,12,14-15H,4,11,13H2,1H3,(H,23,27). The minimum absolute atomic E-state index is 0.0561. The monoisotopic (exact) mass is 359 g/mol. The first-order chi connectivity index (χ1) is 13.2. The number of hydrogen-bond donors (Lipinski definition) is 1. The highest BCUT2D eigenvalue weighted by atomic mass is 16.1. The Kier molecular flexibility index (Phi) is 4.70. The summed E-state index contributed by atoms with van der Waals surface area (Å²) in [5.41, 5.74) is 3.78. The van der Waals surface area contributed by atoms with Crippen LogP contribution in [0.15, 0.2) is 67.3 Å². The van der Waals surface area contributed by atoms with E-state index in [0.29, 0.717) is 12.1 Å². The molecule has 27 heavy (non-hydrogen) atoms. The number of carbonyl (C=O) groups excluding carboxylic acids is 1. The van der Waals surface area contributed by atoms with Crippen molar-refractivity contribution in [1.29, 1.82) is 0 Å². The first kappa shape index (κ1) is 17.0. The van der Waals surface area contributed by atoms with E-state index in [0.717, 1.165) is 35.5 Å². The van der Waals surface area contributed by atoms with Gasteiger partial charge in [-0.15, -0.1) is 0 Å². The van der Waals surface area contributed by atoms with Crippen LogP contribution < -0.4 is 5.32 Å². The summed E-state index contributed by atoms with van der Waals surface area (Å²) in [5, 5.41) is 2.99. The number of nitrogens with one attached hydrogen (secondary N) is 1. The van der Waals surface area contributed by atoms with E-state index < -0.39 is 0 Å². The van der Waals surface area contributed by atoms with E-state index in [1.165, 1.54) is 0 Å². The molecule has 1 amide bonds. The number of fused-ring (bicyclic) bond motifs is 1. The van der Waals surface area contributed by atoms with E-state index in [2.05, 4.69) is 25.9 Å². The van der Waals surface area contributed by atoms with Crippen molar-refractivity contribution in [3.63, 3.8) is 0 Å². The van der Waals surface area contributed by atoms with Gasteiger partial charge in [-0.2, -0.15) is 0 Å². The second-order valence-electron chi connectivity index (χ2n) is 6.43. The summed E-state index contributed by atoms with van der Waals surface area (Å²) in [6.07, 6.45) is 6.18. The highest BCUT2D eigenvalue weighted by Crippen LogP contribution is 2.15. The van der Waals surface area contributed by atoms with Crippen LogP contribution in [0.1, 0.15) is 22.6 Å². The molecule has 0 aliphatic heterocycles. The molecule has 0 spiro atoms. The SMILES string of the molecule is Cc1nc2ccccc2n1CCCNC(=O)c1ccc(-n2ccnc2)cc1. The van der Waals surface area contributed by atoms with Gasteiger partial charge in [-0.05, 0) is 49.7 Å². The first-order valence-electron chi connectivity index (χ1n) is 9.01. The highest BCUT2D eigenvalue weighted by molar-refractivity contribution is 5.94. The van der Waals surface area contributed by atoms with Crippen LogP contribution in [0, 0.1) is 6.92 Å². The largest absolute Gasteiger partial charge is 0.352 e. The second kappa shape index (κ2) is 7.45. The van der Waals surface area contributed by atoms with Crippen molar-refractivity contribution in [3.05, 3.63) is 78.6 Å². The Labute approximate surface area is 157 Å². The Morgan fingerprint density at radius 3 is 2.70 bits per heavy atom. The maximum atomic E-state index is 12.3. The molecule has 0 aliphatic rings. The van der Waals surface area contributed by atoms with Crippen molar-refractivity contribution in [1.82, 2.24) is 24.4 Å². The third-order valence-corrected chi connectivity index (χ3v) is 4.62. The van der Waals surface area contributed by atoms with Crippen molar-refractivity contribution in [2.75, 3.05) is 6.54 Å². The molecule has 6 nitrogen and oxygen atoms in total. The molecule has 0 unspecified atom stereocenters. The van der Waals surface area contributed by atoms with Gasteiger partial charge in [0, 0.05) is 36.7 Å². The van der Waals surface area contributed by atoms with Gasteiger partial charge in [-0.25, -0.2) is 9.97 Å². The molecule has 2 aromatic heterocycles. The predicted octanol–water partition coefficient (Wildman–Crippen LogP) is 3.35. The molecule has 4 aromatic rings. The first-order valence-corrected chi connectivity index (χ1v) is 9.01. The van der Waals surface area contributed by atoms with Crippen LogP contribution in [0.3, 0.4) is 0 Å². The molecule has 6 heteroatoms. The zero-order valence-electron chi connectivity index (χ0n) is 15.2. The molecule has 1 N–H and O–H groups in total. The van der Waals surface area contributed by atoms with Crippen LogP contribution >= 0.6 is 0 Å². The van der Waals surface area contributed by atoms with E-state index >= 15 is 0 Å². The molecule has 0 atom stereocenters. The minimum Gasteiger partial charge on any atom is -0.352 e. The molecule has 136 valence electrons. The van der Waals surface area contributed by atoms with Gasteiger partial charge >= 0.3 is 0 Å². The molecule has 0 fully saturated rings. The summed E-state index contributed by atoms with van der Waals surface area (Å²) in [4.78, 5) is 20.9. The fourth-order valence-corrected chi connectivity index (χ4v) is 3.22. The van der Waals surface area contributed by atoms with Crippen molar-refractivity contribution in [2.45, 2.75) is 19.9 Å². The fourth-order valence-electron chi connectivity index (χ4n) is 3.22. The summed E-state index contributed by atoms with van der Waals surface area (Å²) in [6.45, 7) is 3.46. The average Bonchev–Trinajstić information content (AvgIpc) is 3.33. The maximum Gasteiger partial charge on any atom is 0.251 e. The van der Waals surface area contributed by atoms with E-state index in [4.69, 9.17) is 0 Å². The number of para-hydroxylation sites is 2. The zero-order chi connectivity index (χ0) is 18.6. The quantitative estimate of drug-likeness (QED) is 0.537. The molecule has 0 saturated heterocycles. The smallest absolute Gasteiger partial charge is 0.251 e. The van der Waals surface area contributed by atoms with Crippen molar-refractivity contribution in [2.24, 2.45) is 0 Å². The van der Waals surface area contributed by atoms with Gasteiger partial charge in [-0.1, -0.05) is 12.1 Å². The van der Waals surface area contributed by atoms with Crippen LogP contribution in [0.5, 0.6) is 0 Å². The third-order valence-electron chi connectivity index (χ3n) is 4.62. The topological polar surface area (TPSA) is 64.7 Å². The minimum atomic E-state index is -0.0561. The molecule has 2 aromatic carbocycles. The lowest BCUT2D eigenvalue weighted by atomic mass is 10.2. The van der Waals surface area contributed by atoms with Gasteiger partial charge in [0.25, 0.3) is 5.91 Å². The Bertz CT molecular complexity index is 1050. The van der Waals surface area contributed by atoms with E-state index in [-0.39, 0.29) is 5.91 Å². The van der Waals surface area contributed by atoms with Crippen LogP contribution in [0.2, 0.25) is 0 Å². The molecular formula is C21H21N5O. The zero-order valence-corrected chi connectivity index (χ0v) is 15.2. The Morgan fingerprint density at radius 1 is 1.11 bits per heavy atom. The van der Waals surface area contributed by atoms with E-state index in [1.807, 2.05) is 60.2 Å². The van der Waals surface area contributed by atoms with Crippen LogP contribution in [-0.4, -0.2) is 31.6 Å². The lowest BCUT2D eigenvalue weighted by Gasteiger charge is -2.09. The summed E-state index contributed by atoms with van der Waals surface area (Å²) >= 11 is 0. The van der Waals surface area contributed by atoms with Crippen molar-refractivity contribution >= 4 is 16.9 Å². The fraction of sp³-hybridized carbons (Fsp3) is 0.190. The lowest BCUT2D eigenvalue weighted by Crippen LogP contribution is -2.25. The number of nitrogens with zero attached hydrogens (tertiary/aromatic N) is 4. The molecule has 0 aliphatic carbocycles. The van der Waals surface area contributed by atoms with Gasteiger partial charge < -0.3 is 14.5 Å². The number of amides is 1. The van der Waals surface area contributed by atoms with Crippen LogP contribution in [-0.2, 0) is 6.54 Å². The average molecular weight is 359 g/mol. The van der Waals surface area contributed by atoms with Crippen molar-refractivity contribution in [3.8, 4) is 5.69 Å². The number of hydrogen-bond acceptors (Lipinski definition) is 3. The van der Waals surface area contributed by atoms with Gasteiger partial charge in [-0.3, -0.25) is 4.79 Å². The number of benzene rings is 2. The molecular weight excluding hydrogens is 338 g/mol. The number of aryl methyl sites for hydroxylation is 2. The lowest BCUT2D eigenvalue weighted by molar-refractivity contribution is 0.0953. The number of imidazole rings is 2. The number of rotatable bonds is 6. The molecule has 4 rings (SSSR count). The Morgan fingerprint density at radius 2 is 1.93 bits per heavy atom. The van der Waals surface area contributed by atoms with Crippen molar-refractivity contribution < 1.29 is 4.79 Å². The summed E-state index contributed by atoms with van der Waals surface area (Å²) in [5.74, 6) is 0.942. The third kappa shape index (κ3) is 3.60. The maximum absolute atomic E-state index is 12.3. The summed E-state index contributed by atoms with van der Waals surface area (Å²) in [7, 11) is 0. The Hall–Kier alpha value is -3.41. The normalized spacial score (nSPS) is 11.0. The van der Waals surface area contributed by atoms with Crippen LogP contribution in [0.25, 0.3) is 16.7 Å². The number of carbonyl (C=O) groups is 1. The number of aromatic nitrogens is 4. The van der Waals surface area contributed by atoms with Gasteiger partial charge in [0.2, 0.25) is 0 Å². The van der Waals surface area contributed by atoms with E-state index in [1.54, 1.807) is 12.5 Å². The van der Waals surface area contributed by atoms with Gasteiger partial charge in [0.15, 0.2) is 0 Å². The Balaban J connectivity index is 1.32. The molecule has 0 saturated carbocycles. The van der Waals surface area contributed by atoms with Gasteiger partial charge in [0.1, 0.15) is 5.82 Å². The second-order valence-corrected chi connectivity index (χ2v) is 6.43.